The SMILES string of the molecule is Cc1cc2c3c(c1)c1c(n3CC(c3ccoc3C)C2)CCN(C)C1. The van der Waals surface area contributed by atoms with E-state index in [0.717, 1.165) is 38.2 Å². The number of aryl methyl sites for hydroxylation is 2. The molecule has 1 unspecified atom stereocenters. The number of hydrogen-bond acceptors (Lipinski definition) is 2. The van der Waals surface area contributed by atoms with E-state index in [1.54, 1.807) is 11.3 Å². The van der Waals surface area contributed by atoms with Gasteiger partial charge in [-0.05, 0) is 56.1 Å². The fourth-order valence-electron chi connectivity index (χ4n) is 4.90. The molecule has 0 radical (unpaired) electrons. The molecule has 2 aliphatic heterocycles. The van der Waals surface area contributed by atoms with Gasteiger partial charge in [-0.25, -0.2) is 0 Å². The van der Waals surface area contributed by atoms with Crippen molar-refractivity contribution >= 4 is 10.9 Å². The molecule has 1 aromatic carbocycles. The Morgan fingerprint density at radius 2 is 2.08 bits per heavy atom. The van der Waals surface area contributed by atoms with Crippen molar-refractivity contribution in [2.75, 3.05) is 13.6 Å². The predicted molar refractivity (Wildman–Crippen MR) is 96.6 cm³/mol. The van der Waals surface area contributed by atoms with Gasteiger partial charge in [0.2, 0.25) is 0 Å². The van der Waals surface area contributed by atoms with Crippen LogP contribution in [-0.2, 0) is 25.9 Å². The number of likely N-dealkylation sites (N-methyl/N-ethyl adjacent to an activating group) is 1. The maximum absolute atomic E-state index is 5.59. The predicted octanol–water partition coefficient (Wildman–Crippen LogP) is 4.18. The van der Waals surface area contributed by atoms with Crippen LogP contribution < -0.4 is 0 Å². The number of benzene rings is 1. The maximum Gasteiger partial charge on any atom is 0.104 e. The molecular weight excluding hydrogens is 296 g/mol. The van der Waals surface area contributed by atoms with Crippen LogP contribution in [0.1, 0.15) is 39.6 Å². The Labute approximate surface area is 142 Å². The van der Waals surface area contributed by atoms with Gasteiger partial charge < -0.3 is 13.9 Å². The lowest BCUT2D eigenvalue weighted by Gasteiger charge is -2.28. The molecule has 2 aromatic heterocycles. The third kappa shape index (κ3) is 1.94. The quantitative estimate of drug-likeness (QED) is 0.671. The number of rotatable bonds is 1. The summed E-state index contributed by atoms with van der Waals surface area (Å²) < 4.78 is 8.23. The van der Waals surface area contributed by atoms with Gasteiger partial charge in [-0.15, -0.1) is 0 Å². The molecule has 0 saturated heterocycles. The molecule has 0 fully saturated rings. The van der Waals surface area contributed by atoms with Crippen LogP contribution in [0.3, 0.4) is 0 Å². The zero-order valence-electron chi connectivity index (χ0n) is 14.7. The number of hydrogen-bond donors (Lipinski definition) is 0. The molecule has 4 heterocycles. The standard InChI is InChI=1S/C21H24N2O/c1-13-8-15-10-16(17-5-7-24-14(17)2)11-23-20-4-6-22(3)12-19(20)18(9-13)21(15)23/h5,7-9,16H,4,6,10-12H2,1-3H3. The highest BCUT2D eigenvalue weighted by Crippen LogP contribution is 2.40. The molecule has 1 atom stereocenters. The normalized spacial score (nSPS) is 20.5. The van der Waals surface area contributed by atoms with Gasteiger partial charge in [-0.2, -0.15) is 0 Å². The molecule has 0 aliphatic carbocycles. The summed E-state index contributed by atoms with van der Waals surface area (Å²) in [7, 11) is 2.24. The minimum atomic E-state index is 0.525. The third-order valence-corrected chi connectivity index (χ3v) is 5.97. The van der Waals surface area contributed by atoms with E-state index in [2.05, 4.69) is 48.6 Å². The molecular formula is C21H24N2O. The first-order valence-corrected chi connectivity index (χ1v) is 8.98. The monoisotopic (exact) mass is 320 g/mol. The molecule has 3 nitrogen and oxygen atoms in total. The van der Waals surface area contributed by atoms with Crippen LogP contribution in [0.15, 0.2) is 28.9 Å². The summed E-state index contributed by atoms with van der Waals surface area (Å²) in [6.07, 6.45) is 4.12. The van der Waals surface area contributed by atoms with E-state index in [-0.39, 0.29) is 0 Å². The Balaban J connectivity index is 1.73. The molecule has 3 heteroatoms. The summed E-state index contributed by atoms with van der Waals surface area (Å²) in [4.78, 5) is 2.45. The molecule has 124 valence electrons. The molecule has 0 saturated carbocycles. The zero-order valence-corrected chi connectivity index (χ0v) is 14.7. The highest BCUT2D eigenvalue weighted by Gasteiger charge is 2.30. The number of fused-ring (bicyclic) bond motifs is 3. The summed E-state index contributed by atoms with van der Waals surface area (Å²) in [5, 5.41) is 1.49. The van der Waals surface area contributed by atoms with E-state index in [9.17, 15) is 0 Å². The Morgan fingerprint density at radius 1 is 1.21 bits per heavy atom. The van der Waals surface area contributed by atoms with Crippen molar-refractivity contribution in [3.8, 4) is 0 Å². The summed E-state index contributed by atoms with van der Waals surface area (Å²) in [5.41, 5.74) is 8.91. The van der Waals surface area contributed by atoms with Gasteiger partial charge in [0.1, 0.15) is 5.76 Å². The molecule has 0 bridgehead atoms. The van der Waals surface area contributed by atoms with Gasteiger partial charge in [0.15, 0.2) is 0 Å². The van der Waals surface area contributed by atoms with Crippen molar-refractivity contribution in [3.63, 3.8) is 0 Å². The smallest absolute Gasteiger partial charge is 0.104 e. The first-order valence-electron chi connectivity index (χ1n) is 8.98. The van der Waals surface area contributed by atoms with E-state index >= 15 is 0 Å². The summed E-state index contributed by atoms with van der Waals surface area (Å²) >= 11 is 0. The van der Waals surface area contributed by atoms with Crippen molar-refractivity contribution in [2.45, 2.75) is 45.7 Å². The second-order valence-corrected chi connectivity index (χ2v) is 7.68. The number of furan rings is 1. The van der Waals surface area contributed by atoms with Gasteiger partial charge in [0.25, 0.3) is 0 Å². The summed E-state index contributed by atoms with van der Waals surface area (Å²) in [5.74, 6) is 1.60. The van der Waals surface area contributed by atoms with Crippen LogP contribution in [0, 0.1) is 13.8 Å². The van der Waals surface area contributed by atoms with Crippen LogP contribution in [0.5, 0.6) is 0 Å². The Bertz CT molecular complexity index is 947. The summed E-state index contributed by atoms with van der Waals surface area (Å²) in [6, 6.07) is 6.97. The molecule has 0 amide bonds. The Morgan fingerprint density at radius 3 is 2.88 bits per heavy atom. The minimum absolute atomic E-state index is 0.525. The number of aromatic nitrogens is 1. The fourth-order valence-corrected chi connectivity index (χ4v) is 4.90. The Hall–Kier alpha value is -2.00. The van der Waals surface area contributed by atoms with Crippen molar-refractivity contribution in [1.29, 1.82) is 0 Å². The van der Waals surface area contributed by atoms with Gasteiger partial charge in [-0.3, -0.25) is 0 Å². The molecule has 0 N–H and O–H groups in total. The van der Waals surface area contributed by atoms with Gasteiger partial charge in [0.05, 0.1) is 11.8 Å². The van der Waals surface area contributed by atoms with Gasteiger partial charge in [0, 0.05) is 43.1 Å². The van der Waals surface area contributed by atoms with E-state index in [4.69, 9.17) is 4.42 Å². The van der Waals surface area contributed by atoms with Gasteiger partial charge in [-0.1, -0.05) is 11.6 Å². The van der Waals surface area contributed by atoms with Crippen LogP contribution in [0.25, 0.3) is 10.9 Å². The lowest BCUT2D eigenvalue weighted by molar-refractivity contribution is 0.308. The largest absolute Gasteiger partial charge is 0.469 e. The third-order valence-electron chi connectivity index (χ3n) is 5.97. The lowest BCUT2D eigenvalue weighted by Crippen LogP contribution is -2.28. The van der Waals surface area contributed by atoms with Gasteiger partial charge >= 0.3 is 0 Å². The minimum Gasteiger partial charge on any atom is -0.469 e. The van der Waals surface area contributed by atoms with Crippen molar-refractivity contribution in [2.24, 2.45) is 0 Å². The summed E-state index contributed by atoms with van der Waals surface area (Å²) in [6.45, 7) is 7.66. The topological polar surface area (TPSA) is 21.3 Å². The lowest BCUT2D eigenvalue weighted by atomic mass is 9.88. The molecule has 3 aromatic rings. The second kappa shape index (κ2) is 5.00. The van der Waals surface area contributed by atoms with Crippen molar-refractivity contribution in [3.05, 3.63) is 58.2 Å². The molecule has 5 rings (SSSR count). The number of nitrogens with zero attached hydrogens (tertiary/aromatic N) is 2. The van der Waals surface area contributed by atoms with E-state index in [0.29, 0.717) is 5.92 Å². The van der Waals surface area contributed by atoms with Crippen molar-refractivity contribution in [1.82, 2.24) is 9.47 Å². The van der Waals surface area contributed by atoms with Crippen LogP contribution >= 0.6 is 0 Å². The average molecular weight is 320 g/mol. The highest BCUT2D eigenvalue weighted by molar-refractivity contribution is 5.90. The van der Waals surface area contributed by atoms with E-state index in [1.165, 1.54) is 27.6 Å². The van der Waals surface area contributed by atoms with E-state index < -0.39 is 0 Å². The first kappa shape index (κ1) is 14.4. The van der Waals surface area contributed by atoms with E-state index in [1.807, 2.05) is 6.26 Å². The molecule has 2 aliphatic rings. The Kier molecular flexibility index (Phi) is 2.99. The fraction of sp³-hybridized carbons (Fsp3) is 0.429. The first-order chi connectivity index (χ1) is 11.6. The highest BCUT2D eigenvalue weighted by atomic mass is 16.3. The van der Waals surface area contributed by atoms with Crippen LogP contribution in [0.4, 0.5) is 0 Å². The van der Waals surface area contributed by atoms with Crippen LogP contribution in [0.2, 0.25) is 0 Å². The second-order valence-electron chi connectivity index (χ2n) is 7.68. The average Bonchev–Trinajstić information content (AvgIpc) is 3.10. The van der Waals surface area contributed by atoms with Crippen LogP contribution in [-0.4, -0.2) is 23.1 Å². The molecule has 24 heavy (non-hydrogen) atoms. The van der Waals surface area contributed by atoms with Crippen molar-refractivity contribution < 1.29 is 4.42 Å². The molecule has 0 spiro atoms. The maximum atomic E-state index is 5.59. The zero-order chi connectivity index (χ0) is 16.4.